The fourth-order valence-electron chi connectivity index (χ4n) is 5.57. The first kappa shape index (κ1) is 23.7. The Balaban J connectivity index is 1.49. The number of carbonyl (C=O) groups excluding carboxylic acids is 2. The number of nitrogens with zero attached hydrogens (tertiary/aromatic N) is 2. The number of hydrogen-bond donors (Lipinski definition) is 3. The number of carbonyl (C=O) groups is 2. The van der Waals surface area contributed by atoms with Crippen molar-refractivity contribution in [1.29, 1.82) is 0 Å². The van der Waals surface area contributed by atoms with Gasteiger partial charge in [0.05, 0.1) is 24.1 Å². The summed E-state index contributed by atoms with van der Waals surface area (Å²) in [4.78, 5) is 32.7. The average Bonchev–Trinajstić information content (AvgIpc) is 3.54. The van der Waals surface area contributed by atoms with Crippen molar-refractivity contribution in [1.82, 2.24) is 10.2 Å². The topological polar surface area (TPSA) is 117 Å². The number of ether oxygens (including phenoxy) is 1. The molecule has 0 radical (unpaired) electrons. The number of guanidine groups is 1. The zero-order valence-corrected chi connectivity index (χ0v) is 19.8. The number of nitrogens with two attached hydrogens (primary N) is 1. The molecule has 1 heterocycles. The number of aliphatic hydroxyl groups is 1. The minimum absolute atomic E-state index is 0.0117. The van der Waals surface area contributed by atoms with Gasteiger partial charge >= 0.3 is 0 Å². The Bertz CT molecular complexity index is 929. The van der Waals surface area contributed by atoms with Crippen LogP contribution >= 0.6 is 0 Å². The smallest absolute Gasteiger partial charge is 0.231 e. The highest BCUT2D eigenvalue weighted by Gasteiger charge is 2.53. The molecule has 0 bridgehead atoms. The predicted octanol–water partition coefficient (Wildman–Crippen LogP) is 1.91. The number of methoxy groups -OCH3 is 1. The van der Waals surface area contributed by atoms with Gasteiger partial charge in [-0.25, -0.2) is 4.99 Å². The van der Waals surface area contributed by atoms with E-state index < -0.39 is 17.7 Å². The monoisotopic (exact) mass is 456 g/mol. The molecule has 2 amide bonds. The molecule has 1 saturated carbocycles. The summed E-state index contributed by atoms with van der Waals surface area (Å²) in [6.07, 6.45) is 3.02. The van der Waals surface area contributed by atoms with Crippen molar-refractivity contribution >= 4 is 17.8 Å². The van der Waals surface area contributed by atoms with Gasteiger partial charge in [0.2, 0.25) is 11.8 Å². The van der Waals surface area contributed by atoms with Gasteiger partial charge in [-0.2, -0.15) is 0 Å². The lowest BCUT2D eigenvalue weighted by Crippen LogP contribution is -2.56. The van der Waals surface area contributed by atoms with Gasteiger partial charge in [0, 0.05) is 32.1 Å². The first-order valence-corrected chi connectivity index (χ1v) is 12.1. The van der Waals surface area contributed by atoms with Crippen molar-refractivity contribution < 1.29 is 19.4 Å². The molecule has 0 saturated heterocycles. The Kier molecular flexibility index (Phi) is 6.77. The molecule has 33 heavy (non-hydrogen) atoms. The number of nitrogens with one attached hydrogen (secondary N) is 1. The molecule has 5 unspecified atom stereocenters. The Hall–Kier alpha value is -2.45. The molecule has 0 aromatic heterocycles. The minimum atomic E-state index is -0.629. The molecule has 8 nitrogen and oxygen atoms in total. The summed E-state index contributed by atoms with van der Waals surface area (Å²) in [7, 11) is 1.63. The molecule has 1 fully saturated rings. The van der Waals surface area contributed by atoms with Crippen LogP contribution in [0.5, 0.6) is 0 Å². The van der Waals surface area contributed by atoms with Crippen molar-refractivity contribution in [2.24, 2.45) is 22.6 Å². The van der Waals surface area contributed by atoms with Crippen LogP contribution in [0.15, 0.2) is 29.3 Å². The molecular formula is C25H36N4O4. The molecule has 180 valence electrons. The van der Waals surface area contributed by atoms with E-state index in [9.17, 15) is 14.7 Å². The molecule has 3 aliphatic rings. The number of fused-ring (bicyclic) bond motifs is 1. The zero-order valence-electron chi connectivity index (χ0n) is 19.8. The summed E-state index contributed by atoms with van der Waals surface area (Å²) in [6.45, 7) is 4.53. The maximum Gasteiger partial charge on any atom is 0.231 e. The number of aliphatic hydroxyl groups excluding tert-OH is 1. The van der Waals surface area contributed by atoms with Crippen molar-refractivity contribution in [2.75, 3.05) is 13.7 Å². The SMILES string of the molecule is CCC1(CC)CC(=O)N(C(CCOC)C2CC2C(=O)NC2c3ccccc3CC2O)C(N)=N1. The third kappa shape index (κ3) is 4.51. The average molecular weight is 457 g/mol. The third-order valence-corrected chi connectivity index (χ3v) is 7.79. The van der Waals surface area contributed by atoms with Crippen LogP contribution in [-0.2, 0) is 20.7 Å². The summed E-state index contributed by atoms with van der Waals surface area (Å²) in [6, 6.07) is 7.19. The van der Waals surface area contributed by atoms with Gasteiger partial charge in [0.25, 0.3) is 0 Å². The molecule has 1 aliphatic heterocycles. The summed E-state index contributed by atoms with van der Waals surface area (Å²) < 4.78 is 5.30. The zero-order chi connectivity index (χ0) is 23.8. The summed E-state index contributed by atoms with van der Waals surface area (Å²) in [5.74, 6) is -0.0980. The van der Waals surface area contributed by atoms with Crippen LogP contribution in [0.25, 0.3) is 0 Å². The normalized spacial score (nSPS) is 28.8. The number of aliphatic imine (C=N–C) groups is 1. The fraction of sp³-hybridized carbons (Fsp3) is 0.640. The minimum Gasteiger partial charge on any atom is -0.390 e. The fourth-order valence-corrected chi connectivity index (χ4v) is 5.57. The van der Waals surface area contributed by atoms with Crippen LogP contribution in [-0.4, -0.2) is 59.2 Å². The quantitative estimate of drug-likeness (QED) is 0.525. The number of benzene rings is 1. The van der Waals surface area contributed by atoms with Gasteiger partial charge in [-0.1, -0.05) is 38.1 Å². The third-order valence-electron chi connectivity index (χ3n) is 7.79. The van der Waals surface area contributed by atoms with Crippen molar-refractivity contribution in [2.45, 2.75) is 76.1 Å². The lowest BCUT2D eigenvalue weighted by atomic mass is 9.87. The van der Waals surface area contributed by atoms with Gasteiger partial charge < -0.3 is 20.9 Å². The highest BCUT2D eigenvalue weighted by atomic mass is 16.5. The summed E-state index contributed by atoms with van der Waals surface area (Å²) in [5, 5.41) is 13.6. The van der Waals surface area contributed by atoms with Crippen molar-refractivity contribution in [3.05, 3.63) is 35.4 Å². The second-order valence-electron chi connectivity index (χ2n) is 9.65. The van der Waals surface area contributed by atoms with E-state index in [-0.39, 0.29) is 35.7 Å². The number of hydrogen-bond acceptors (Lipinski definition) is 6. The summed E-state index contributed by atoms with van der Waals surface area (Å²) >= 11 is 0. The molecule has 1 aromatic carbocycles. The molecular weight excluding hydrogens is 420 g/mol. The molecule has 0 spiro atoms. The molecule has 4 rings (SSSR count). The largest absolute Gasteiger partial charge is 0.390 e. The van der Waals surface area contributed by atoms with Crippen LogP contribution in [0, 0.1) is 11.8 Å². The molecule has 1 aromatic rings. The van der Waals surface area contributed by atoms with E-state index in [1.807, 2.05) is 38.1 Å². The standard InChI is InChI=1S/C25H36N4O4/c1-4-25(5-2)14-21(31)29(24(26)28-25)19(10-11-33-3)17-13-18(17)23(32)27-22-16-9-7-6-8-15(16)12-20(22)30/h6-9,17-20,22,30H,4-5,10-14H2,1-3H3,(H2,26,28)(H,27,32). The molecule has 8 heteroatoms. The van der Waals surface area contributed by atoms with Gasteiger partial charge in [-0.15, -0.1) is 0 Å². The Morgan fingerprint density at radius 3 is 2.76 bits per heavy atom. The summed E-state index contributed by atoms with van der Waals surface area (Å²) in [5.41, 5.74) is 7.95. The Morgan fingerprint density at radius 1 is 1.36 bits per heavy atom. The predicted molar refractivity (Wildman–Crippen MR) is 125 cm³/mol. The van der Waals surface area contributed by atoms with Crippen LogP contribution < -0.4 is 11.1 Å². The van der Waals surface area contributed by atoms with Crippen molar-refractivity contribution in [3.63, 3.8) is 0 Å². The molecule has 2 aliphatic carbocycles. The van der Waals surface area contributed by atoms with Gasteiger partial charge in [0.1, 0.15) is 0 Å². The van der Waals surface area contributed by atoms with Crippen LogP contribution in [0.4, 0.5) is 0 Å². The van der Waals surface area contributed by atoms with E-state index in [0.29, 0.717) is 32.3 Å². The van der Waals surface area contributed by atoms with Crippen LogP contribution in [0.1, 0.15) is 63.1 Å². The lowest BCUT2D eigenvalue weighted by Gasteiger charge is -2.40. The second kappa shape index (κ2) is 9.43. The van der Waals surface area contributed by atoms with Gasteiger partial charge in [0.15, 0.2) is 5.96 Å². The van der Waals surface area contributed by atoms with E-state index >= 15 is 0 Å². The highest BCUT2D eigenvalue weighted by molar-refractivity contribution is 5.99. The van der Waals surface area contributed by atoms with Gasteiger partial charge in [-0.3, -0.25) is 14.5 Å². The van der Waals surface area contributed by atoms with E-state index in [0.717, 1.165) is 24.0 Å². The first-order chi connectivity index (χ1) is 15.8. The Labute approximate surface area is 195 Å². The maximum atomic E-state index is 13.2. The molecule has 4 N–H and O–H groups in total. The van der Waals surface area contributed by atoms with Crippen LogP contribution in [0.2, 0.25) is 0 Å². The first-order valence-electron chi connectivity index (χ1n) is 12.1. The van der Waals surface area contributed by atoms with E-state index in [1.54, 1.807) is 12.0 Å². The van der Waals surface area contributed by atoms with Gasteiger partial charge in [-0.05, 0) is 42.7 Å². The number of amides is 2. The number of rotatable bonds is 9. The second-order valence-corrected chi connectivity index (χ2v) is 9.65. The highest BCUT2D eigenvalue weighted by Crippen LogP contribution is 2.46. The van der Waals surface area contributed by atoms with Crippen LogP contribution in [0.3, 0.4) is 0 Å². The van der Waals surface area contributed by atoms with E-state index in [1.165, 1.54) is 0 Å². The Morgan fingerprint density at radius 2 is 2.09 bits per heavy atom. The van der Waals surface area contributed by atoms with E-state index in [4.69, 9.17) is 15.5 Å². The van der Waals surface area contributed by atoms with E-state index in [2.05, 4.69) is 5.32 Å². The molecule has 5 atom stereocenters. The maximum absolute atomic E-state index is 13.2. The lowest BCUT2D eigenvalue weighted by molar-refractivity contribution is -0.133. The van der Waals surface area contributed by atoms with Crippen molar-refractivity contribution in [3.8, 4) is 0 Å².